The Hall–Kier alpha value is -3.63. The van der Waals surface area contributed by atoms with E-state index in [1.807, 2.05) is 72.8 Å². The highest BCUT2D eigenvalue weighted by atomic mass is 16.1. The number of rotatable bonds is 2. The normalized spacial score (nSPS) is 10.2. The second kappa shape index (κ2) is 7.09. The molecule has 1 heteroatoms. The molecule has 0 amide bonds. The molecule has 0 aromatic heterocycles. The third-order valence-corrected chi connectivity index (χ3v) is 4.40. The van der Waals surface area contributed by atoms with Crippen LogP contribution in [0.4, 0.5) is 0 Å². The number of benzene rings is 4. The van der Waals surface area contributed by atoms with E-state index in [-0.39, 0.29) is 0 Å². The molecule has 0 N–H and O–H groups in total. The van der Waals surface area contributed by atoms with Gasteiger partial charge in [-0.05, 0) is 34.5 Å². The van der Waals surface area contributed by atoms with E-state index in [0.29, 0.717) is 5.56 Å². The Labute approximate surface area is 152 Å². The number of fused-ring (bicyclic) bond motifs is 1. The molecule has 0 aliphatic rings. The summed E-state index contributed by atoms with van der Waals surface area (Å²) in [5, 5.41) is 2.23. The molecule has 26 heavy (non-hydrogen) atoms. The second-order valence-corrected chi connectivity index (χ2v) is 6.03. The molecule has 0 spiro atoms. The van der Waals surface area contributed by atoms with Gasteiger partial charge < -0.3 is 0 Å². The van der Waals surface area contributed by atoms with Gasteiger partial charge in [-0.15, -0.1) is 0 Å². The molecule has 0 aliphatic heterocycles. The summed E-state index contributed by atoms with van der Waals surface area (Å²) >= 11 is 0. The van der Waals surface area contributed by atoms with Crippen molar-refractivity contribution in [3.05, 3.63) is 108 Å². The molecule has 0 unspecified atom stereocenters. The van der Waals surface area contributed by atoms with Crippen molar-refractivity contribution < 1.29 is 4.79 Å². The number of aldehydes is 1. The number of hydrogen-bond acceptors (Lipinski definition) is 1. The van der Waals surface area contributed by atoms with Crippen molar-refractivity contribution >= 4 is 17.1 Å². The highest BCUT2D eigenvalue weighted by Crippen LogP contribution is 2.33. The van der Waals surface area contributed by atoms with Gasteiger partial charge in [0.1, 0.15) is 0 Å². The first-order valence-electron chi connectivity index (χ1n) is 8.50. The van der Waals surface area contributed by atoms with E-state index >= 15 is 0 Å². The monoisotopic (exact) mass is 332 g/mol. The molecule has 0 saturated heterocycles. The zero-order chi connectivity index (χ0) is 17.8. The Balaban J connectivity index is 2.00. The van der Waals surface area contributed by atoms with Crippen LogP contribution in [0, 0.1) is 11.8 Å². The van der Waals surface area contributed by atoms with E-state index in [1.165, 1.54) is 0 Å². The minimum atomic E-state index is 0.673. The predicted molar refractivity (Wildman–Crippen MR) is 107 cm³/mol. The fourth-order valence-corrected chi connectivity index (χ4v) is 3.15. The summed E-state index contributed by atoms with van der Waals surface area (Å²) in [5.74, 6) is 6.54. The van der Waals surface area contributed by atoms with Crippen molar-refractivity contribution in [3.63, 3.8) is 0 Å². The van der Waals surface area contributed by atoms with Gasteiger partial charge in [0.2, 0.25) is 0 Å². The fraction of sp³-hybridized carbons (Fsp3) is 0. The zero-order valence-corrected chi connectivity index (χ0v) is 14.1. The summed E-state index contributed by atoms with van der Waals surface area (Å²) in [6.45, 7) is 0. The standard InChI is InChI=1S/C25H16O/c26-18-22-11-5-7-13-24(22)25-21(15-14-19-8-2-1-3-9-19)17-16-20-10-4-6-12-23(20)25/h1-13,16-18H. The molecular formula is C25H16O. The lowest BCUT2D eigenvalue weighted by Gasteiger charge is -2.12. The van der Waals surface area contributed by atoms with E-state index < -0.39 is 0 Å². The quantitative estimate of drug-likeness (QED) is 0.339. The van der Waals surface area contributed by atoms with Crippen molar-refractivity contribution in [2.45, 2.75) is 0 Å². The van der Waals surface area contributed by atoms with Gasteiger partial charge in [-0.3, -0.25) is 4.79 Å². The molecule has 0 saturated carbocycles. The molecule has 4 aromatic rings. The number of hydrogen-bond donors (Lipinski definition) is 0. The molecule has 0 heterocycles. The van der Waals surface area contributed by atoms with Crippen molar-refractivity contribution in [2.75, 3.05) is 0 Å². The minimum Gasteiger partial charge on any atom is -0.298 e. The van der Waals surface area contributed by atoms with Gasteiger partial charge in [0.05, 0.1) is 0 Å². The van der Waals surface area contributed by atoms with Crippen LogP contribution in [0.1, 0.15) is 21.5 Å². The van der Waals surface area contributed by atoms with Crippen LogP contribution in [0.3, 0.4) is 0 Å². The smallest absolute Gasteiger partial charge is 0.150 e. The van der Waals surface area contributed by atoms with Crippen molar-refractivity contribution in [2.24, 2.45) is 0 Å². The Kier molecular flexibility index (Phi) is 4.33. The molecule has 122 valence electrons. The highest BCUT2D eigenvalue weighted by molar-refractivity contribution is 6.03. The predicted octanol–water partition coefficient (Wildman–Crippen LogP) is 5.72. The highest BCUT2D eigenvalue weighted by Gasteiger charge is 2.12. The van der Waals surface area contributed by atoms with Gasteiger partial charge in [0.25, 0.3) is 0 Å². The van der Waals surface area contributed by atoms with E-state index in [2.05, 4.69) is 30.0 Å². The van der Waals surface area contributed by atoms with Crippen LogP contribution >= 0.6 is 0 Å². The second-order valence-electron chi connectivity index (χ2n) is 6.03. The SMILES string of the molecule is O=Cc1ccccc1-c1c(C#Cc2ccccc2)ccc2ccccc12. The van der Waals surface area contributed by atoms with Crippen LogP contribution in [0.25, 0.3) is 21.9 Å². The average Bonchev–Trinajstić information content (AvgIpc) is 2.72. The zero-order valence-electron chi connectivity index (χ0n) is 14.1. The maximum Gasteiger partial charge on any atom is 0.150 e. The first-order chi connectivity index (χ1) is 12.9. The molecule has 0 fully saturated rings. The first-order valence-corrected chi connectivity index (χ1v) is 8.50. The molecule has 0 atom stereocenters. The third kappa shape index (κ3) is 3.01. The van der Waals surface area contributed by atoms with Crippen LogP contribution in [-0.4, -0.2) is 6.29 Å². The largest absolute Gasteiger partial charge is 0.298 e. The van der Waals surface area contributed by atoms with Crippen LogP contribution in [-0.2, 0) is 0 Å². The Morgan fingerprint density at radius 3 is 2.23 bits per heavy atom. The van der Waals surface area contributed by atoms with Crippen LogP contribution < -0.4 is 0 Å². The Morgan fingerprint density at radius 1 is 0.654 bits per heavy atom. The third-order valence-electron chi connectivity index (χ3n) is 4.40. The van der Waals surface area contributed by atoms with E-state index in [1.54, 1.807) is 0 Å². The van der Waals surface area contributed by atoms with Gasteiger partial charge in [0.15, 0.2) is 6.29 Å². The summed E-state index contributed by atoms with van der Waals surface area (Å²) < 4.78 is 0. The molecule has 4 aromatic carbocycles. The van der Waals surface area contributed by atoms with Crippen molar-refractivity contribution in [1.82, 2.24) is 0 Å². The Bertz CT molecular complexity index is 1140. The maximum absolute atomic E-state index is 11.6. The lowest BCUT2D eigenvalue weighted by atomic mass is 9.91. The summed E-state index contributed by atoms with van der Waals surface area (Å²) in [6.07, 6.45) is 0.908. The summed E-state index contributed by atoms with van der Waals surface area (Å²) in [6, 6.07) is 29.9. The van der Waals surface area contributed by atoms with E-state index in [9.17, 15) is 4.79 Å². The van der Waals surface area contributed by atoms with Gasteiger partial charge in [-0.1, -0.05) is 84.6 Å². The summed E-state index contributed by atoms with van der Waals surface area (Å²) in [4.78, 5) is 11.6. The molecule has 0 radical (unpaired) electrons. The minimum absolute atomic E-state index is 0.673. The van der Waals surface area contributed by atoms with Crippen LogP contribution in [0.2, 0.25) is 0 Å². The number of carbonyl (C=O) groups excluding carboxylic acids is 1. The number of carbonyl (C=O) groups is 1. The molecular weight excluding hydrogens is 316 g/mol. The Morgan fingerprint density at radius 2 is 1.38 bits per heavy atom. The molecule has 4 rings (SSSR count). The molecule has 0 aliphatic carbocycles. The average molecular weight is 332 g/mol. The first kappa shape index (κ1) is 15.9. The lowest BCUT2D eigenvalue weighted by Crippen LogP contribution is -1.92. The van der Waals surface area contributed by atoms with Gasteiger partial charge >= 0.3 is 0 Å². The molecule has 0 bridgehead atoms. The lowest BCUT2D eigenvalue weighted by molar-refractivity contribution is 0.112. The van der Waals surface area contributed by atoms with Gasteiger partial charge in [-0.2, -0.15) is 0 Å². The topological polar surface area (TPSA) is 17.1 Å². The van der Waals surface area contributed by atoms with Crippen molar-refractivity contribution in [3.8, 4) is 23.0 Å². The van der Waals surface area contributed by atoms with E-state index in [4.69, 9.17) is 0 Å². The van der Waals surface area contributed by atoms with Crippen LogP contribution in [0.5, 0.6) is 0 Å². The van der Waals surface area contributed by atoms with Gasteiger partial charge in [-0.25, -0.2) is 0 Å². The molecule has 1 nitrogen and oxygen atoms in total. The summed E-state index contributed by atoms with van der Waals surface area (Å²) in [5.41, 5.74) is 4.48. The van der Waals surface area contributed by atoms with E-state index in [0.717, 1.165) is 39.3 Å². The van der Waals surface area contributed by atoms with Crippen LogP contribution in [0.15, 0.2) is 91.0 Å². The fourth-order valence-electron chi connectivity index (χ4n) is 3.15. The van der Waals surface area contributed by atoms with Gasteiger partial charge in [0, 0.05) is 22.3 Å². The van der Waals surface area contributed by atoms with Crippen molar-refractivity contribution in [1.29, 1.82) is 0 Å². The maximum atomic E-state index is 11.6. The summed E-state index contributed by atoms with van der Waals surface area (Å²) in [7, 11) is 0.